The van der Waals surface area contributed by atoms with Crippen LogP contribution < -0.4 is 0 Å². The van der Waals surface area contributed by atoms with Crippen molar-refractivity contribution in [2.75, 3.05) is 33.3 Å². The molecule has 1 saturated heterocycles. The molecular formula is C22H32N2O6S. The van der Waals surface area contributed by atoms with E-state index in [-0.39, 0.29) is 53.9 Å². The first-order valence-electron chi connectivity index (χ1n) is 10.5. The van der Waals surface area contributed by atoms with Crippen LogP contribution in [0.1, 0.15) is 50.4 Å². The lowest BCUT2D eigenvalue weighted by Crippen LogP contribution is -2.45. The summed E-state index contributed by atoms with van der Waals surface area (Å²) in [7, 11) is -2.42. The van der Waals surface area contributed by atoms with Crippen LogP contribution in [0.2, 0.25) is 0 Å². The van der Waals surface area contributed by atoms with E-state index in [1.54, 1.807) is 17.0 Å². The van der Waals surface area contributed by atoms with E-state index in [9.17, 15) is 22.8 Å². The van der Waals surface area contributed by atoms with E-state index in [1.165, 1.54) is 30.5 Å². The Balaban J connectivity index is 2.05. The van der Waals surface area contributed by atoms with Crippen LogP contribution in [0, 0.1) is 11.8 Å². The molecule has 0 bridgehead atoms. The molecule has 0 spiro atoms. The molecule has 1 amide bonds. The number of benzene rings is 1. The number of rotatable bonds is 9. The first kappa shape index (κ1) is 25.0. The van der Waals surface area contributed by atoms with Gasteiger partial charge in [0.15, 0.2) is 5.78 Å². The number of sulfonamides is 1. The van der Waals surface area contributed by atoms with Gasteiger partial charge in [0.05, 0.1) is 18.4 Å². The number of esters is 1. The van der Waals surface area contributed by atoms with Crippen LogP contribution >= 0.6 is 0 Å². The van der Waals surface area contributed by atoms with E-state index in [4.69, 9.17) is 0 Å². The maximum Gasteiger partial charge on any atom is 0.307 e. The molecule has 2 rings (SSSR count). The number of carbonyl (C=O) groups is 3. The molecule has 0 atom stereocenters. The predicted molar refractivity (Wildman–Crippen MR) is 116 cm³/mol. The van der Waals surface area contributed by atoms with Crippen molar-refractivity contribution in [2.45, 2.75) is 44.9 Å². The van der Waals surface area contributed by atoms with Gasteiger partial charge in [-0.15, -0.1) is 0 Å². The Hall–Kier alpha value is -2.26. The highest BCUT2D eigenvalue weighted by Crippen LogP contribution is 2.26. The van der Waals surface area contributed by atoms with Gasteiger partial charge in [0, 0.05) is 37.7 Å². The summed E-state index contributed by atoms with van der Waals surface area (Å²) in [6.07, 6.45) is 0.962. The number of amides is 1. The van der Waals surface area contributed by atoms with Gasteiger partial charge in [0.1, 0.15) is 0 Å². The van der Waals surface area contributed by atoms with Gasteiger partial charge in [-0.1, -0.05) is 26.0 Å². The second-order valence-corrected chi connectivity index (χ2v) is 10.2. The van der Waals surface area contributed by atoms with Gasteiger partial charge in [0.2, 0.25) is 15.9 Å². The van der Waals surface area contributed by atoms with Gasteiger partial charge >= 0.3 is 5.97 Å². The summed E-state index contributed by atoms with van der Waals surface area (Å²) in [5.41, 5.74) is 0.348. The van der Waals surface area contributed by atoms with Crippen molar-refractivity contribution in [1.82, 2.24) is 9.21 Å². The molecular weight excluding hydrogens is 420 g/mol. The monoisotopic (exact) mass is 452 g/mol. The zero-order valence-electron chi connectivity index (χ0n) is 18.7. The lowest BCUT2D eigenvalue weighted by molar-refractivity contribution is -0.143. The first-order chi connectivity index (χ1) is 14.6. The molecule has 8 nitrogen and oxygen atoms in total. The summed E-state index contributed by atoms with van der Waals surface area (Å²) in [4.78, 5) is 37.9. The Kier molecular flexibility index (Phi) is 8.76. The molecule has 31 heavy (non-hydrogen) atoms. The minimum atomic E-state index is -3.74. The van der Waals surface area contributed by atoms with Crippen molar-refractivity contribution >= 4 is 27.7 Å². The van der Waals surface area contributed by atoms with Gasteiger partial charge < -0.3 is 9.64 Å². The number of ether oxygens (including phenoxy) is 1. The van der Waals surface area contributed by atoms with E-state index in [1.807, 2.05) is 13.8 Å². The minimum absolute atomic E-state index is 0.0479. The van der Waals surface area contributed by atoms with Crippen LogP contribution in [0.4, 0.5) is 0 Å². The Bertz CT molecular complexity index is 904. The van der Waals surface area contributed by atoms with Gasteiger partial charge in [-0.2, -0.15) is 4.31 Å². The summed E-state index contributed by atoms with van der Waals surface area (Å²) in [5.74, 6) is -0.649. The van der Waals surface area contributed by atoms with E-state index >= 15 is 0 Å². The van der Waals surface area contributed by atoms with Gasteiger partial charge in [-0.25, -0.2) is 8.42 Å². The summed E-state index contributed by atoms with van der Waals surface area (Å²) >= 11 is 0. The predicted octanol–water partition coefficient (Wildman–Crippen LogP) is 2.34. The zero-order chi connectivity index (χ0) is 23.2. The van der Waals surface area contributed by atoms with E-state index in [0.717, 1.165) is 0 Å². The second kappa shape index (κ2) is 10.9. The van der Waals surface area contributed by atoms with Gasteiger partial charge in [0.25, 0.3) is 0 Å². The number of carbonyl (C=O) groups excluding carboxylic acids is 3. The fraction of sp³-hybridized carbons (Fsp3) is 0.591. The van der Waals surface area contributed by atoms with Crippen LogP contribution in [0.3, 0.4) is 0 Å². The van der Waals surface area contributed by atoms with Crippen LogP contribution in [0.5, 0.6) is 0 Å². The van der Waals surface area contributed by atoms with Gasteiger partial charge in [-0.3, -0.25) is 14.4 Å². The summed E-state index contributed by atoms with van der Waals surface area (Å²) in [5, 5.41) is 0. The fourth-order valence-corrected chi connectivity index (χ4v) is 5.20. The Morgan fingerprint density at radius 2 is 1.84 bits per heavy atom. The summed E-state index contributed by atoms with van der Waals surface area (Å²) in [6, 6.07) is 6.02. The third-order valence-electron chi connectivity index (χ3n) is 5.39. The number of Topliss-reactive ketones (excluding diaryl/α,β-unsaturated/α-hetero) is 1. The number of hydrogen-bond acceptors (Lipinski definition) is 6. The molecule has 9 heteroatoms. The van der Waals surface area contributed by atoms with Crippen molar-refractivity contribution in [1.29, 1.82) is 0 Å². The molecule has 1 fully saturated rings. The summed E-state index contributed by atoms with van der Waals surface area (Å²) < 4.78 is 32.0. The quantitative estimate of drug-likeness (QED) is 0.421. The molecule has 1 aromatic rings. The van der Waals surface area contributed by atoms with Crippen molar-refractivity contribution in [3.05, 3.63) is 29.8 Å². The Morgan fingerprint density at radius 1 is 1.19 bits per heavy atom. The van der Waals surface area contributed by atoms with Crippen molar-refractivity contribution in [2.24, 2.45) is 11.8 Å². The smallest absolute Gasteiger partial charge is 0.307 e. The number of ketones is 1. The third-order valence-corrected chi connectivity index (χ3v) is 7.29. The van der Waals surface area contributed by atoms with Crippen LogP contribution in [-0.4, -0.2) is 68.6 Å². The SMILES string of the molecule is COC(=O)CCN(CC(C)C)C(=O)C1CCN(S(=O)(=O)c2cccc(C(C)=O)c2)CC1. The van der Waals surface area contributed by atoms with E-state index in [2.05, 4.69) is 4.74 Å². The molecule has 0 saturated carbocycles. The molecule has 0 N–H and O–H groups in total. The minimum Gasteiger partial charge on any atom is -0.469 e. The topological polar surface area (TPSA) is 101 Å². The number of methoxy groups -OCH3 is 1. The fourth-order valence-electron chi connectivity index (χ4n) is 3.69. The third kappa shape index (κ3) is 6.61. The molecule has 0 unspecified atom stereocenters. The van der Waals surface area contributed by atoms with Crippen molar-refractivity contribution in [3.63, 3.8) is 0 Å². The highest BCUT2D eigenvalue weighted by molar-refractivity contribution is 7.89. The molecule has 1 heterocycles. The molecule has 1 aromatic carbocycles. The summed E-state index contributed by atoms with van der Waals surface area (Å²) in [6.45, 7) is 6.69. The average molecular weight is 453 g/mol. The lowest BCUT2D eigenvalue weighted by atomic mass is 9.96. The maximum absolute atomic E-state index is 13.0. The van der Waals surface area contributed by atoms with E-state index in [0.29, 0.717) is 31.5 Å². The van der Waals surface area contributed by atoms with Crippen molar-refractivity contribution < 1.29 is 27.5 Å². The highest BCUT2D eigenvalue weighted by atomic mass is 32.2. The molecule has 1 aliphatic rings. The van der Waals surface area contributed by atoms with Crippen LogP contribution in [-0.2, 0) is 24.3 Å². The van der Waals surface area contributed by atoms with Gasteiger partial charge in [-0.05, 0) is 37.8 Å². The zero-order valence-corrected chi connectivity index (χ0v) is 19.5. The maximum atomic E-state index is 13.0. The molecule has 1 aliphatic heterocycles. The molecule has 0 radical (unpaired) electrons. The largest absolute Gasteiger partial charge is 0.469 e. The van der Waals surface area contributed by atoms with Crippen LogP contribution in [0.25, 0.3) is 0 Å². The second-order valence-electron chi connectivity index (χ2n) is 8.27. The van der Waals surface area contributed by atoms with Crippen molar-refractivity contribution in [3.8, 4) is 0 Å². The molecule has 172 valence electrons. The highest BCUT2D eigenvalue weighted by Gasteiger charge is 2.34. The number of nitrogens with zero attached hydrogens (tertiary/aromatic N) is 2. The number of hydrogen-bond donors (Lipinski definition) is 0. The van der Waals surface area contributed by atoms with Crippen LogP contribution in [0.15, 0.2) is 29.2 Å². The Morgan fingerprint density at radius 3 is 2.39 bits per heavy atom. The number of piperidine rings is 1. The normalized spacial score (nSPS) is 15.6. The standard InChI is InChI=1S/C22H32N2O6S/c1-16(2)15-23(11-10-21(26)30-4)22(27)18-8-12-24(13-9-18)31(28,29)20-7-5-6-19(14-20)17(3)25/h5-7,14,16,18H,8-13,15H2,1-4H3. The molecule has 0 aromatic heterocycles. The molecule has 0 aliphatic carbocycles. The first-order valence-corrected chi connectivity index (χ1v) is 12.0. The Labute approximate surface area is 184 Å². The van der Waals surface area contributed by atoms with E-state index < -0.39 is 10.0 Å². The average Bonchev–Trinajstić information content (AvgIpc) is 2.75. The lowest BCUT2D eigenvalue weighted by Gasteiger charge is -2.34.